The Morgan fingerprint density at radius 3 is 2.22 bits per heavy atom. The zero-order valence-electron chi connectivity index (χ0n) is 13.1. The van der Waals surface area contributed by atoms with Gasteiger partial charge in [-0.2, -0.15) is 8.42 Å². The lowest BCUT2D eigenvalue weighted by molar-refractivity contribution is 0.171. The second-order valence-corrected chi connectivity index (χ2v) is 6.99. The highest BCUT2D eigenvalue weighted by Gasteiger charge is 2.11. The molecule has 0 saturated carbocycles. The van der Waals surface area contributed by atoms with Crippen LogP contribution in [0, 0.1) is 0 Å². The minimum atomic E-state index is -3.54. The first-order valence-corrected chi connectivity index (χ1v) is 9.12. The molecule has 2 aromatic rings. The van der Waals surface area contributed by atoms with Crippen LogP contribution in [0.3, 0.4) is 0 Å². The average molecular weight is 335 g/mol. The van der Waals surface area contributed by atoms with E-state index >= 15 is 0 Å². The fourth-order valence-corrected chi connectivity index (χ4v) is 2.65. The maximum absolute atomic E-state index is 11.1. The number of benzene rings is 2. The van der Waals surface area contributed by atoms with Gasteiger partial charge in [0, 0.05) is 12.6 Å². The van der Waals surface area contributed by atoms with E-state index in [0.29, 0.717) is 12.1 Å². The van der Waals surface area contributed by atoms with Gasteiger partial charge in [0.15, 0.2) is 0 Å². The van der Waals surface area contributed by atoms with Crippen molar-refractivity contribution in [2.45, 2.75) is 19.1 Å². The number of aliphatic hydroxyl groups excluding tert-OH is 1. The van der Waals surface area contributed by atoms with E-state index in [1.165, 1.54) is 12.1 Å². The number of aliphatic hydroxyl groups is 1. The van der Waals surface area contributed by atoms with E-state index in [1.807, 2.05) is 37.3 Å². The van der Waals surface area contributed by atoms with Crippen molar-refractivity contribution in [2.75, 3.05) is 12.8 Å². The third kappa shape index (κ3) is 5.67. The van der Waals surface area contributed by atoms with Gasteiger partial charge in [0.05, 0.1) is 12.4 Å². The summed E-state index contributed by atoms with van der Waals surface area (Å²) in [7, 11) is -3.54. The van der Waals surface area contributed by atoms with E-state index in [9.17, 15) is 13.5 Å². The lowest BCUT2D eigenvalue weighted by Gasteiger charge is -2.18. The van der Waals surface area contributed by atoms with E-state index in [1.54, 1.807) is 12.1 Å². The quantitative estimate of drug-likeness (QED) is 0.760. The van der Waals surface area contributed by atoms with E-state index in [4.69, 9.17) is 4.18 Å². The Hall–Kier alpha value is -1.89. The Morgan fingerprint density at radius 2 is 1.65 bits per heavy atom. The third-order valence-corrected chi connectivity index (χ3v) is 3.92. The van der Waals surface area contributed by atoms with Crippen molar-refractivity contribution < 1.29 is 17.7 Å². The van der Waals surface area contributed by atoms with Crippen LogP contribution in [-0.4, -0.2) is 26.3 Å². The van der Waals surface area contributed by atoms with Gasteiger partial charge in [-0.3, -0.25) is 0 Å². The summed E-state index contributed by atoms with van der Waals surface area (Å²) in [6.07, 6.45) is 0.304. The average Bonchev–Trinajstić information content (AvgIpc) is 2.52. The largest absolute Gasteiger partial charge is 0.387 e. The Morgan fingerprint density at radius 1 is 1.04 bits per heavy atom. The fraction of sp³-hybridized carbons (Fsp3) is 0.294. The summed E-state index contributed by atoms with van der Waals surface area (Å²) >= 11 is 0. The van der Waals surface area contributed by atoms with Crippen LogP contribution in [0.1, 0.15) is 30.2 Å². The van der Waals surface area contributed by atoms with Crippen LogP contribution >= 0.6 is 0 Å². The molecule has 0 amide bonds. The molecule has 0 aromatic heterocycles. The van der Waals surface area contributed by atoms with Gasteiger partial charge in [-0.05, 0) is 30.2 Å². The number of hydrogen-bond donors (Lipinski definition) is 2. The summed E-state index contributed by atoms with van der Waals surface area (Å²) in [5, 5.41) is 13.5. The van der Waals surface area contributed by atoms with Crippen LogP contribution in [0.4, 0.5) is 0 Å². The Bertz CT molecular complexity index is 714. The summed E-state index contributed by atoms with van der Waals surface area (Å²) in [5.74, 6) is 0.231. The van der Waals surface area contributed by atoms with E-state index in [2.05, 4.69) is 5.32 Å². The molecule has 0 fully saturated rings. The van der Waals surface area contributed by atoms with Crippen molar-refractivity contribution in [3.8, 4) is 5.75 Å². The highest BCUT2D eigenvalue weighted by molar-refractivity contribution is 7.86. The molecular formula is C17H21NO4S. The summed E-state index contributed by atoms with van der Waals surface area (Å²) in [6.45, 7) is 2.42. The molecular weight excluding hydrogens is 314 g/mol. The summed E-state index contributed by atoms with van der Waals surface area (Å²) in [6, 6.07) is 16.5. The Labute approximate surface area is 137 Å². The van der Waals surface area contributed by atoms with Crippen molar-refractivity contribution in [1.82, 2.24) is 5.32 Å². The first kappa shape index (κ1) is 17.5. The minimum Gasteiger partial charge on any atom is -0.387 e. The highest BCUT2D eigenvalue weighted by Crippen LogP contribution is 2.19. The number of rotatable bonds is 7. The molecule has 23 heavy (non-hydrogen) atoms. The first-order chi connectivity index (χ1) is 10.8. The summed E-state index contributed by atoms with van der Waals surface area (Å²) in [5.41, 5.74) is 1.84. The highest BCUT2D eigenvalue weighted by atomic mass is 32.2. The van der Waals surface area contributed by atoms with Gasteiger partial charge >= 0.3 is 10.1 Å². The maximum atomic E-state index is 11.1. The van der Waals surface area contributed by atoms with E-state index in [0.717, 1.165) is 11.8 Å². The van der Waals surface area contributed by atoms with E-state index < -0.39 is 16.2 Å². The lowest BCUT2D eigenvalue weighted by Crippen LogP contribution is -2.24. The molecule has 0 aliphatic carbocycles. The molecule has 0 spiro atoms. The number of hydrogen-bond acceptors (Lipinski definition) is 5. The van der Waals surface area contributed by atoms with Crippen molar-refractivity contribution in [3.63, 3.8) is 0 Å². The second kappa shape index (κ2) is 7.59. The van der Waals surface area contributed by atoms with Crippen LogP contribution in [0.15, 0.2) is 54.6 Å². The topological polar surface area (TPSA) is 75.6 Å². The van der Waals surface area contributed by atoms with Crippen LogP contribution in [-0.2, 0) is 10.1 Å². The van der Waals surface area contributed by atoms with Crippen LogP contribution in [0.25, 0.3) is 0 Å². The predicted octanol–water partition coefficient (Wildman–Crippen LogP) is 2.41. The van der Waals surface area contributed by atoms with Gasteiger partial charge in [0.25, 0.3) is 0 Å². The third-order valence-electron chi connectivity index (χ3n) is 3.43. The molecule has 0 heterocycles. The predicted molar refractivity (Wildman–Crippen MR) is 89.7 cm³/mol. The molecule has 0 bridgehead atoms. The zero-order valence-corrected chi connectivity index (χ0v) is 14.0. The van der Waals surface area contributed by atoms with Crippen molar-refractivity contribution in [1.29, 1.82) is 0 Å². The smallest absolute Gasteiger partial charge is 0.306 e. The van der Waals surface area contributed by atoms with Crippen molar-refractivity contribution >= 4 is 10.1 Å². The zero-order chi connectivity index (χ0) is 16.9. The van der Waals surface area contributed by atoms with Crippen LogP contribution < -0.4 is 9.50 Å². The molecule has 5 nitrogen and oxygen atoms in total. The monoisotopic (exact) mass is 335 g/mol. The van der Waals surface area contributed by atoms with Crippen LogP contribution in [0.2, 0.25) is 0 Å². The molecule has 2 atom stereocenters. The SMILES string of the molecule is C[C@@H](NC[C@@H](O)c1ccc(OS(C)(=O)=O)cc1)c1ccccc1. The van der Waals surface area contributed by atoms with Gasteiger partial charge in [-0.1, -0.05) is 42.5 Å². The molecule has 0 radical (unpaired) electrons. The number of nitrogens with one attached hydrogen (secondary N) is 1. The molecule has 0 saturated heterocycles. The molecule has 6 heteroatoms. The second-order valence-electron chi connectivity index (χ2n) is 5.41. The maximum Gasteiger partial charge on any atom is 0.306 e. The molecule has 2 aromatic carbocycles. The fourth-order valence-electron chi connectivity index (χ4n) is 2.19. The summed E-state index contributed by atoms with van der Waals surface area (Å²) < 4.78 is 26.9. The van der Waals surface area contributed by atoms with Gasteiger partial charge in [-0.25, -0.2) is 0 Å². The standard InChI is InChI=1S/C17H21NO4S/c1-13(14-6-4-3-5-7-14)18-12-17(19)15-8-10-16(11-9-15)22-23(2,20)21/h3-11,13,17-19H,12H2,1-2H3/t13-,17-/m1/s1. The normalized spacial score (nSPS) is 14.2. The van der Waals surface area contributed by atoms with Gasteiger partial charge in [0.2, 0.25) is 0 Å². The summed E-state index contributed by atoms with van der Waals surface area (Å²) in [4.78, 5) is 0. The molecule has 0 unspecified atom stereocenters. The Balaban J connectivity index is 1.92. The minimum absolute atomic E-state index is 0.124. The van der Waals surface area contributed by atoms with Gasteiger partial charge in [-0.15, -0.1) is 0 Å². The molecule has 0 aliphatic rings. The molecule has 0 aliphatic heterocycles. The Kier molecular flexibility index (Phi) is 5.76. The van der Waals surface area contributed by atoms with Crippen molar-refractivity contribution in [3.05, 3.63) is 65.7 Å². The lowest BCUT2D eigenvalue weighted by atomic mass is 10.1. The van der Waals surface area contributed by atoms with Crippen LogP contribution in [0.5, 0.6) is 5.75 Å². The molecule has 124 valence electrons. The van der Waals surface area contributed by atoms with Gasteiger partial charge in [0.1, 0.15) is 5.75 Å². The molecule has 2 rings (SSSR count). The first-order valence-electron chi connectivity index (χ1n) is 7.31. The van der Waals surface area contributed by atoms with Crippen molar-refractivity contribution in [2.24, 2.45) is 0 Å². The molecule has 2 N–H and O–H groups in total. The van der Waals surface area contributed by atoms with E-state index in [-0.39, 0.29) is 11.8 Å². The van der Waals surface area contributed by atoms with Gasteiger partial charge < -0.3 is 14.6 Å².